The molecule has 1 heterocycles. The molecule has 2 unspecified atom stereocenters. The van der Waals surface area contributed by atoms with E-state index in [1.165, 1.54) is 32.1 Å². The van der Waals surface area contributed by atoms with Gasteiger partial charge in [0.2, 0.25) is 0 Å². The number of ether oxygens (including phenoxy) is 1. The van der Waals surface area contributed by atoms with Crippen LogP contribution < -0.4 is 0 Å². The summed E-state index contributed by atoms with van der Waals surface area (Å²) in [6.07, 6.45) is 6.22. The van der Waals surface area contributed by atoms with Crippen LogP contribution in [-0.4, -0.2) is 23.9 Å². The molecular weight excluding hydrogens is 152 g/mol. The number of aliphatic hydroxyl groups is 1. The first kappa shape index (κ1) is 7.34. The van der Waals surface area contributed by atoms with Gasteiger partial charge in [-0.25, -0.2) is 0 Å². The fourth-order valence-electron chi connectivity index (χ4n) is 3.49. The minimum Gasteiger partial charge on any atom is -0.396 e. The number of rotatable bonds is 1. The summed E-state index contributed by atoms with van der Waals surface area (Å²) in [6.45, 7) is 1.28. The van der Waals surface area contributed by atoms with E-state index >= 15 is 0 Å². The average molecular weight is 168 g/mol. The molecule has 0 amide bonds. The molecule has 2 atom stereocenters. The second kappa shape index (κ2) is 2.05. The van der Waals surface area contributed by atoms with Gasteiger partial charge in [0, 0.05) is 5.41 Å². The van der Waals surface area contributed by atoms with Gasteiger partial charge in [-0.15, -0.1) is 0 Å². The van der Waals surface area contributed by atoms with E-state index in [0.29, 0.717) is 12.5 Å². The molecule has 1 saturated heterocycles. The van der Waals surface area contributed by atoms with Crippen LogP contribution in [-0.2, 0) is 4.74 Å². The molecule has 1 spiro atoms. The lowest BCUT2D eigenvalue weighted by molar-refractivity contribution is -0.0628. The molecule has 12 heavy (non-hydrogen) atoms. The summed E-state index contributed by atoms with van der Waals surface area (Å²) >= 11 is 0. The largest absolute Gasteiger partial charge is 0.396 e. The Morgan fingerprint density at radius 3 is 2.67 bits per heavy atom. The Morgan fingerprint density at radius 1 is 1.33 bits per heavy atom. The van der Waals surface area contributed by atoms with Crippen molar-refractivity contribution >= 4 is 0 Å². The zero-order valence-electron chi connectivity index (χ0n) is 7.38. The second-order valence-electron chi connectivity index (χ2n) is 4.73. The molecule has 3 rings (SSSR count). The highest BCUT2D eigenvalue weighted by Crippen LogP contribution is 2.69. The molecule has 0 aromatic carbocycles. The average Bonchev–Trinajstić information content (AvgIpc) is 2.51. The molecule has 3 fully saturated rings. The summed E-state index contributed by atoms with van der Waals surface area (Å²) in [4.78, 5) is 0. The predicted molar refractivity (Wildman–Crippen MR) is 44.8 cm³/mol. The summed E-state index contributed by atoms with van der Waals surface area (Å²) in [5.74, 6) is 0.695. The summed E-state index contributed by atoms with van der Waals surface area (Å²) in [7, 11) is 0. The van der Waals surface area contributed by atoms with E-state index in [9.17, 15) is 5.11 Å². The van der Waals surface area contributed by atoms with Crippen LogP contribution in [0.5, 0.6) is 0 Å². The standard InChI is InChI=1S/C10H16O2/c11-7-9-5-8(9)6-12-10(9)3-1-2-4-10/h8,11H,1-7H2. The third kappa shape index (κ3) is 0.612. The van der Waals surface area contributed by atoms with E-state index < -0.39 is 0 Å². The van der Waals surface area contributed by atoms with Crippen LogP contribution >= 0.6 is 0 Å². The number of fused-ring (bicyclic) bond motifs is 2. The molecule has 1 N–H and O–H groups in total. The zero-order valence-corrected chi connectivity index (χ0v) is 7.38. The lowest BCUT2D eigenvalue weighted by Gasteiger charge is -2.32. The highest BCUT2D eigenvalue weighted by atomic mass is 16.5. The summed E-state index contributed by atoms with van der Waals surface area (Å²) < 4.78 is 5.90. The molecule has 3 aliphatic rings. The van der Waals surface area contributed by atoms with Crippen LogP contribution in [0.2, 0.25) is 0 Å². The van der Waals surface area contributed by atoms with Crippen molar-refractivity contribution in [1.82, 2.24) is 0 Å². The molecule has 0 aromatic heterocycles. The van der Waals surface area contributed by atoms with Crippen LogP contribution in [0.1, 0.15) is 32.1 Å². The quantitative estimate of drug-likeness (QED) is 0.640. The SMILES string of the molecule is OCC12CC1COC21CCCC1. The molecule has 1 aliphatic heterocycles. The molecule has 0 aromatic rings. The van der Waals surface area contributed by atoms with Gasteiger partial charge in [0.15, 0.2) is 0 Å². The minimum atomic E-state index is 0.117. The van der Waals surface area contributed by atoms with Gasteiger partial charge in [-0.05, 0) is 25.2 Å². The van der Waals surface area contributed by atoms with Crippen LogP contribution in [0, 0.1) is 11.3 Å². The summed E-state index contributed by atoms with van der Waals surface area (Å²) in [5, 5.41) is 9.41. The van der Waals surface area contributed by atoms with Gasteiger partial charge in [-0.3, -0.25) is 0 Å². The van der Waals surface area contributed by atoms with Crippen molar-refractivity contribution in [3.63, 3.8) is 0 Å². The van der Waals surface area contributed by atoms with Gasteiger partial charge in [-0.1, -0.05) is 12.8 Å². The van der Waals surface area contributed by atoms with Gasteiger partial charge < -0.3 is 9.84 Å². The minimum absolute atomic E-state index is 0.117. The molecule has 2 nitrogen and oxygen atoms in total. The number of aliphatic hydroxyl groups excluding tert-OH is 1. The second-order valence-corrected chi connectivity index (χ2v) is 4.73. The fourth-order valence-corrected chi connectivity index (χ4v) is 3.49. The smallest absolute Gasteiger partial charge is 0.0764 e. The molecule has 2 saturated carbocycles. The van der Waals surface area contributed by atoms with Crippen molar-refractivity contribution < 1.29 is 9.84 Å². The Labute approximate surface area is 72.9 Å². The lowest BCUT2D eigenvalue weighted by Crippen LogP contribution is -2.38. The van der Waals surface area contributed by atoms with Crippen molar-refractivity contribution in [3.05, 3.63) is 0 Å². The summed E-state index contributed by atoms with van der Waals surface area (Å²) in [6, 6.07) is 0. The maximum atomic E-state index is 9.41. The first-order valence-electron chi connectivity index (χ1n) is 5.08. The molecule has 0 radical (unpaired) electrons. The molecule has 0 bridgehead atoms. The van der Waals surface area contributed by atoms with Crippen LogP contribution in [0.25, 0.3) is 0 Å². The maximum absolute atomic E-state index is 9.41. The highest BCUT2D eigenvalue weighted by Gasteiger charge is 2.71. The van der Waals surface area contributed by atoms with Gasteiger partial charge in [0.25, 0.3) is 0 Å². The van der Waals surface area contributed by atoms with E-state index in [-0.39, 0.29) is 11.0 Å². The highest BCUT2D eigenvalue weighted by molar-refractivity contribution is 5.19. The predicted octanol–water partition coefficient (Wildman–Crippen LogP) is 1.33. The van der Waals surface area contributed by atoms with Crippen molar-refractivity contribution in [2.24, 2.45) is 11.3 Å². The normalized spacial score (nSPS) is 48.2. The van der Waals surface area contributed by atoms with Crippen molar-refractivity contribution in [2.75, 3.05) is 13.2 Å². The van der Waals surface area contributed by atoms with E-state index in [4.69, 9.17) is 4.74 Å². The van der Waals surface area contributed by atoms with Gasteiger partial charge in [0.1, 0.15) is 0 Å². The van der Waals surface area contributed by atoms with E-state index in [1.54, 1.807) is 0 Å². The topological polar surface area (TPSA) is 29.5 Å². The first-order chi connectivity index (χ1) is 5.83. The Hall–Kier alpha value is -0.0800. The Morgan fingerprint density at radius 2 is 2.08 bits per heavy atom. The Balaban J connectivity index is 1.94. The lowest BCUT2D eigenvalue weighted by atomic mass is 9.83. The Kier molecular flexibility index (Phi) is 1.25. The number of hydrogen-bond donors (Lipinski definition) is 1. The van der Waals surface area contributed by atoms with E-state index in [2.05, 4.69) is 0 Å². The molecule has 2 aliphatic carbocycles. The number of hydrogen-bond acceptors (Lipinski definition) is 2. The van der Waals surface area contributed by atoms with Crippen LogP contribution in [0.15, 0.2) is 0 Å². The zero-order chi connectivity index (χ0) is 8.23. The van der Waals surface area contributed by atoms with Crippen LogP contribution in [0.3, 0.4) is 0 Å². The van der Waals surface area contributed by atoms with Crippen molar-refractivity contribution in [1.29, 1.82) is 0 Å². The summed E-state index contributed by atoms with van der Waals surface area (Å²) in [5.41, 5.74) is 0.329. The first-order valence-corrected chi connectivity index (χ1v) is 5.08. The van der Waals surface area contributed by atoms with Crippen molar-refractivity contribution in [2.45, 2.75) is 37.7 Å². The monoisotopic (exact) mass is 168 g/mol. The van der Waals surface area contributed by atoms with Gasteiger partial charge in [0.05, 0.1) is 18.8 Å². The van der Waals surface area contributed by atoms with Gasteiger partial charge >= 0.3 is 0 Å². The molecule has 68 valence electrons. The third-order valence-corrected chi connectivity index (χ3v) is 4.39. The maximum Gasteiger partial charge on any atom is 0.0764 e. The fraction of sp³-hybridized carbons (Fsp3) is 1.00. The van der Waals surface area contributed by atoms with Gasteiger partial charge in [-0.2, -0.15) is 0 Å². The van der Waals surface area contributed by atoms with Crippen LogP contribution in [0.4, 0.5) is 0 Å². The van der Waals surface area contributed by atoms with E-state index in [1.807, 2.05) is 0 Å². The van der Waals surface area contributed by atoms with E-state index in [0.717, 1.165) is 6.61 Å². The molecule has 2 heteroatoms. The third-order valence-electron chi connectivity index (χ3n) is 4.39. The van der Waals surface area contributed by atoms with Crippen molar-refractivity contribution in [3.8, 4) is 0 Å². The molecular formula is C10H16O2. The Bertz CT molecular complexity index is 198.